The molecule has 2 rings (SSSR count). The van der Waals surface area contributed by atoms with Gasteiger partial charge in [0.05, 0.1) is 5.56 Å². The molecule has 0 bridgehead atoms. The van der Waals surface area contributed by atoms with Gasteiger partial charge in [-0.25, -0.2) is 4.79 Å². The number of halogens is 3. The fourth-order valence-electron chi connectivity index (χ4n) is 1.71. The van der Waals surface area contributed by atoms with Crippen molar-refractivity contribution in [3.63, 3.8) is 0 Å². The number of carbonyl (C=O) groups is 2. The van der Waals surface area contributed by atoms with E-state index >= 15 is 0 Å². The zero-order valence-corrected chi connectivity index (χ0v) is 10.7. The summed E-state index contributed by atoms with van der Waals surface area (Å²) >= 11 is 0. The third-order valence-electron chi connectivity index (χ3n) is 3.09. The summed E-state index contributed by atoms with van der Waals surface area (Å²) in [5.74, 6) is -1.64. The summed E-state index contributed by atoms with van der Waals surface area (Å²) in [5.41, 5.74) is -2.03. The number of alkyl halides is 3. The van der Waals surface area contributed by atoms with Crippen molar-refractivity contribution in [3.05, 3.63) is 29.8 Å². The van der Waals surface area contributed by atoms with E-state index < -0.39 is 35.8 Å². The molecule has 0 radical (unpaired) electrons. The van der Waals surface area contributed by atoms with Crippen molar-refractivity contribution in [2.24, 2.45) is 0 Å². The van der Waals surface area contributed by atoms with Gasteiger partial charge in [0.2, 0.25) is 0 Å². The van der Waals surface area contributed by atoms with Crippen LogP contribution < -0.4 is 10.1 Å². The highest BCUT2D eigenvalue weighted by atomic mass is 19.4. The van der Waals surface area contributed by atoms with Gasteiger partial charge in [-0.05, 0) is 37.1 Å². The molecule has 1 aliphatic rings. The number of nitrogens with one attached hydrogen (secondary N) is 1. The van der Waals surface area contributed by atoms with Crippen molar-refractivity contribution in [1.82, 2.24) is 5.32 Å². The molecule has 1 saturated carbocycles. The second kappa shape index (κ2) is 5.27. The molecule has 0 aromatic heterocycles. The maximum atomic E-state index is 12.3. The van der Waals surface area contributed by atoms with E-state index in [1.54, 1.807) is 0 Å². The molecule has 21 heavy (non-hydrogen) atoms. The van der Waals surface area contributed by atoms with Crippen LogP contribution in [0.2, 0.25) is 0 Å². The minimum atomic E-state index is -4.43. The zero-order chi connectivity index (χ0) is 15.7. The van der Waals surface area contributed by atoms with E-state index in [0.29, 0.717) is 12.8 Å². The smallest absolute Gasteiger partial charge is 0.416 e. The van der Waals surface area contributed by atoms with E-state index in [1.807, 2.05) is 0 Å². The van der Waals surface area contributed by atoms with Crippen molar-refractivity contribution in [1.29, 1.82) is 0 Å². The Bertz CT molecular complexity index is 550. The topological polar surface area (TPSA) is 75.6 Å². The fraction of sp³-hybridized carbons (Fsp3) is 0.385. The van der Waals surface area contributed by atoms with E-state index in [0.717, 1.165) is 24.3 Å². The van der Waals surface area contributed by atoms with E-state index in [4.69, 9.17) is 9.84 Å². The lowest BCUT2D eigenvalue weighted by atomic mass is 10.2. The van der Waals surface area contributed by atoms with Gasteiger partial charge in [-0.1, -0.05) is 0 Å². The molecule has 0 saturated heterocycles. The third-order valence-corrected chi connectivity index (χ3v) is 3.09. The molecule has 0 spiro atoms. The molecular weight excluding hydrogens is 291 g/mol. The Morgan fingerprint density at radius 3 is 2.24 bits per heavy atom. The lowest BCUT2D eigenvalue weighted by Gasteiger charge is -2.13. The van der Waals surface area contributed by atoms with Gasteiger partial charge in [0.15, 0.2) is 6.61 Å². The summed E-state index contributed by atoms with van der Waals surface area (Å²) in [4.78, 5) is 22.4. The molecular formula is C13H12F3NO4. The Balaban J connectivity index is 1.86. The SMILES string of the molecule is O=C(COc1ccc(C(F)(F)F)cc1)NC1(C(=O)O)CC1. The number of rotatable bonds is 5. The summed E-state index contributed by atoms with van der Waals surface area (Å²) in [6.45, 7) is -0.458. The van der Waals surface area contributed by atoms with Crippen LogP contribution in [0.5, 0.6) is 5.75 Å². The minimum absolute atomic E-state index is 0.0957. The maximum Gasteiger partial charge on any atom is 0.416 e. The Hall–Kier alpha value is -2.25. The first kappa shape index (κ1) is 15.1. The summed E-state index contributed by atoms with van der Waals surface area (Å²) < 4.78 is 42.0. The Labute approximate surface area is 117 Å². The van der Waals surface area contributed by atoms with Crippen LogP contribution in [-0.2, 0) is 15.8 Å². The van der Waals surface area contributed by atoms with E-state index in [9.17, 15) is 22.8 Å². The second-order valence-electron chi connectivity index (χ2n) is 4.75. The molecule has 8 heteroatoms. The summed E-state index contributed by atoms with van der Waals surface area (Å²) in [7, 11) is 0. The van der Waals surface area contributed by atoms with Crippen LogP contribution >= 0.6 is 0 Å². The summed E-state index contributed by atoms with van der Waals surface area (Å²) in [5, 5.41) is 11.2. The lowest BCUT2D eigenvalue weighted by Crippen LogP contribution is -2.45. The number of carboxylic acids is 1. The molecule has 0 unspecified atom stereocenters. The standard InChI is InChI=1S/C13H12F3NO4/c14-13(15,16)8-1-3-9(4-2-8)21-7-10(18)17-12(5-6-12)11(19)20/h1-4H,5-7H2,(H,17,18)(H,19,20). The molecule has 0 heterocycles. The van der Waals surface area contributed by atoms with E-state index in [2.05, 4.69) is 5.32 Å². The van der Waals surface area contributed by atoms with Gasteiger partial charge in [0, 0.05) is 0 Å². The highest BCUT2D eigenvalue weighted by Gasteiger charge is 2.51. The molecule has 0 atom stereocenters. The molecule has 0 aliphatic heterocycles. The van der Waals surface area contributed by atoms with Gasteiger partial charge in [-0.2, -0.15) is 13.2 Å². The van der Waals surface area contributed by atoms with Crippen LogP contribution in [0, 0.1) is 0 Å². The van der Waals surface area contributed by atoms with Gasteiger partial charge in [0.25, 0.3) is 5.91 Å². The molecule has 1 amide bonds. The van der Waals surface area contributed by atoms with Crippen LogP contribution in [-0.4, -0.2) is 29.1 Å². The molecule has 1 aromatic rings. The fourth-order valence-corrected chi connectivity index (χ4v) is 1.71. The average molecular weight is 303 g/mol. The highest BCUT2D eigenvalue weighted by molar-refractivity contribution is 5.90. The van der Waals surface area contributed by atoms with Gasteiger partial charge in [-0.15, -0.1) is 0 Å². The molecule has 2 N–H and O–H groups in total. The molecule has 1 fully saturated rings. The first-order chi connectivity index (χ1) is 9.73. The quantitative estimate of drug-likeness (QED) is 0.870. The average Bonchev–Trinajstić information content (AvgIpc) is 3.17. The number of carboxylic acid groups (broad SMARTS) is 1. The van der Waals surface area contributed by atoms with Crippen LogP contribution in [0.25, 0.3) is 0 Å². The van der Waals surface area contributed by atoms with Crippen molar-refractivity contribution in [2.45, 2.75) is 24.6 Å². The predicted molar refractivity (Wildman–Crippen MR) is 64.7 cm³/mol. The van der Waals surface area contributed by atoms with Gasteiger partial charge in [0.1, 0.15) is 11.3 Å². The largest absolute Gasteiger partial charge is 0.484 e. The van der Waals surface area contributed by atoms with Crippen molar-refractivity contribution >= 4 is 11.9 Å². The van der Waals surface area contributed by atoms with Crippen molar-refractivity contribution in [2.75, 3.05) is 6.61 Å². The van der Waals surface area contributed by atoms with E-state index in [-0.39, 0.29) is 5.75 Å². The number of hydrogen-bond donors (Lipinski definition) is 2. The molecule has 5 nitrogen and oxygen atoms in total. The highest BCUT2D eigenvalue weighted by Crippen LogP contribution is 2.35. The van der Waals surface area contributed by atoms with Gasteiger partial charge in [-0.3, -0.25) is 4.79 Å². The number of carbonyl (C=O) groups excluding carboxylic acids is 1. The molecule has 1 aliphatic carbocycles. The first-order valence-corrected chi connectivity index (χ1v) is 6.07. The monoisotopic (exact) mass is 303 g/mol. The Morgan fingerprint density at radius 1 is 1.24 bits per heavy atom. The number of aliphatic carboxylic acids is 1. The van der Waals surface area contributed by atoms with Crippen molar-refractivity contribution < 1.29 is 32.6 Å². The normalized spacial score (nSPS) is 16.1. The van der Waals surface area contributed by atoms with Gasteiger partial charge >= 0.3 is 12.1 Å². The summed E-state index contributed by atoms with van der Waals surface area (Å²) in [6, 6.07) is 3.88. The summed E-state index contributed by atoms with van der Waals surface area (Å²) in [6.07, 6.45) is -3.72. The number of benzene rings is 1. The van der Waals surface area contributed by atoms with Crippen LogP contribution in [0.4, 0.5) is 13.2 Å². The first-order valence-electron chi connectivity index (χ1n) is 6.07. The number of ether oxygens (including phenoxy) is 1. The molecule has 114 valence electrons. The number of hydrogen-bond acceptors (Lipinski definition) is 3. The number of amides is 1. The van der Waals surface area contributed by atoms with Crippen molar-refractivity contribution in [3.8, 4) is 5.75 Å². The van der Waals surface area contributed by atoms with E-state index in [1.165, 1.54) is 0 Å². The van der Waals surface area contributed by atoms with Gasteiger partial charge < -0.3 is 15.2 Å². The third kappa shape index (κ3) is 3.65. The zero-order valence-electron chi connectivity index (χ0n) is 10.7. The maximum absolute atomic E-state index is 12.3. The van der Waals surface area contributed by atoms with Crippen LogP contribution in [0.3, 0.4) is 0 Å². The van der Waals surface area contributed by atoms with Crippen LogP contribution in [0.1, 0.15) is 18.4 Å². The van der Waals surface area contributed by atoms with Crippen LogP contribution in [0.15, 0.2) is 24.3 Å². The minimum Gasteiger partial charge on any atom is -0.484 e. The Morgan fingerprint density at radius 2 is 1.81 bits per heavy atom. The lowest BCUT2D eigenvalue weighted by molar-refractivity contribution is -0.143. The second-order valence-corrected chi connectivity index (χ2v) is 4.75. The molecule has 1 aromatic carbocycles. The predicted octanol–water partition coefficient (Wildman–Crippen LogP) is 1.82. The Kier molecular flexibility index (Phi) is 3.80.